The van der Waals surface area contributed by atoms with Crippen molar-refractivity contribution >= 4 is 5.97 Å². The van der Waals surface area contributed by atoms with Crippen LogP contribution in [0.15, 0.2) is 12.2 Å². The first-order valence-corrected chi connectivity index (χ1v) is 4.91. The van der Waals surface area contributed by atoms with Gasteiger partial charge in [-0.05, 0) is 18.8 Å². The van der Waals surface area contributed by atoms with Gasteiger partial charge < -0.3 is 4.74 Å². The molecule has 0 spiro atoms. The van der Waals surface area contributed by atoms with E-state index in [0.717, 1.165) is 12.3 Å². The lowest BCUT2D eigenvalue weighted by molar-refractivity contribution is -0.139. The molecule has 0 aromatic rings. The number of carbonyl (C=O) groups excluding carboxylic acids is 1. The van der Waals surface area contributed by atoms with E-state index < -0.39 is 0 Å². The Bertz CT molecular complexity index is 159. The molecule has 0 amide bonds. The van der Waals surface area contributed by atoms with E-state index in [1.807, 2.05) is 6.08 Å². The van der Waals surface area contributed by atoms with Crippen LogP contribution in [0.5, 0.6) is 0 Å². The highest BCUT2D eigenvalue weighted by molar-refractivity contribution is 5.65. The molecule has 0 aliphatic carbocycles. The highest BCUT2D eigenvalue weighted by Gasteiger charge is 1.91. The van der Waals surface area contributed by atoms with Crippen LogP contribution in [0, 0.1) is 5.92 Å². The summed E-state index contributed by atoms with van der Waals surface area (Å²) in [6, 6.07) is 0. The monoisotopic (exact) mass is 184 g/mol. The first-order valence-electron chi connectivity index (χ1n) is 4.91. The zero-order valence-corrected chi connectivity index (χ0v) is 8.88. The van der Waals surface area contributed by atoms with Crippen LogP contribution in [0.25, 0.3) is 0 Å². The van der Waals surface area contributed by atoms with Gasteiger partial charge in [0.15, 0.2) is 0 Å². The second kappa shape index (κ2) is 7.84. The van der Waals surface area contributed by atoms with Gasteiger partial charge in [-0.25, -0.2) is 0 Å². The van der Waals surface area contributed by atoms with Crippen molar-refractivity contribution < 1.29 is 9.53 Å². The van der Waals surface area contributed by atoms with Crippen LogP contribution < -0.4 is 0 Å². The fourth-order valence-electron chi connectivity index (χ4n) is 0.995. The summed E-state index contributed by atoms with van der Waals surface area (Å²) >= 11 is 0. The number of hydrogen-bond donors (Lipinski definition) is 0. The zero-order chi connectivity index (χ0) is 10.1. The predicted molar refractivity (Wildman–Crippen MR) is 54.5 cm³/mol. The number of carbonyl (C=O) groups is 1. The fourth-order valence-corrected chi connectivity index (χ4v) is 0.995. The van der Waals surface area contributed by atoms with E-state index in [4.69, 9.17) is 4.74 Å². The largest absolute Gasteiger partial charge is 0.462 e. The molecule has 0 radical (unpaired) electrons. The summed E-state index contributed by atoms with van der Waals surface area (Å²) in [5, 5.41) is 0. The van der Waals surface area contributed by atoms with Gasteiger partial charge in [0, 0.05) is 6.92 Å². The first kappa shape index (κ1) is 12.2. The predicted octanol–water partition coefficient (Wildman–Crippen LogP) is 2.93. The molecule has 2 heteroatoms. The second-order valence-electron chi connectivity index (χ2n) is 3.60. The Morgan fingerprint density at radius 1 is 1.38 bits per heavy atom. The van der Waals surface area contributed by atoms with Crippen molar-refractivity contribution in [3.8, 4) is 0 Å². The normalized spacial score (nSPS) is 11.1. The SMILES string of the molecule is CC(=O)OC/C=C/CCCC(C)C. The third-order valence-corrected chi connectivity index (χ3v) is 1.70. The van der Waals surface area contributed by atoms with Gasteiger partial charge in [-0.3, -0.25) is 4.79 Å². The third-order valence-electron chi connectivity index (χ3n) is 1.70. The number of hydrogen-bond acceptors (Lipinski definition) is 2. The summed E-state index contributed by atoms with van der Waals surface area (Å²) in [6.07, 6.45) is 7.54. The molecule has 0 atom stereocenters. The highest BCUT2D eigenvalue weighted by Crippen LogP contribution is 2.06. The smallest absolute Gasteiger partial charge is 0.302 e. The Morgan fingerprint density at radius 3 is 2.62 bits per heavy atom. The molecule has 0 aromatic carbocycles. The molecule has 0 aliphatic rings. The number of unbranched alkanes of at least 4 members (excludes halogenated alkanes) is 1. The fraction of sp³-hybridized carbons (Fsp3) is 0.727. The van der Waals surface area contributed by atoms with E-state index in [0.29, 0.717) is 6.61 Å². The summed E-state index contributed by atoms with van der Waals surface area (Å²) in [5.41, 5.74) is 0. The van der Waals surface area contributed by atoms with Crippen molar-refractivity contribution in [2.24, 2.45) is 5.92 Å². The summed E-state index contributed by atoms with van der Waals surface area (Å²) in [6.45, 7) is 6.29. The maximum atomic E-state index is 10.4. The van der Waals surface area contributed by atoms with Gasteiger partial charge in [0.25, 0.3) is 0 Å². The molecule has 0 heterocycles. The first-order chi connectivity index (χ1) is 6.13. The number of rotatable bonds is 6. The molecule has 13 heavy (non-hydrogen) atoms. The Kier molecular flexibility index (Phi) is 7.36. The van der Waals surface area contributed by atoms with Crippen LogP contribution in [0.2, 0.25) is 0 Å². The average molecular weight is 184 g/mol. The van der Waals surface area contributed by atoms with Crippen LogP contribution >= 0.6 is 0 Å². The number of esters is 1. The van der Waals surface area contributed by atoms with Gasteiger partial charge in [-0.2, -0.15) is 0 Å². The van der Waals surface area contributed by atoms with Gasteiger partial charge in [0.1, 0.15) is 6.61 Å². The van der Waals surface area contributed by atoms with E-state index in [9.17, 15) is 4.79 Å². The van der Waals surface area contributed by atoms with Crippen molar-refractivity contribution in [1.29, 1.82) is 0 Å². The van der Waals surface area contributed by atoms with Gasteiger partial charge >= 0.3 is 5.97 Å². The van der Waals surface area contributed by atoms with Crippen LogP contribution in [0.4, 0.5) is 0 Å². The number of allylic oxidation sites excluding steroid dienone is 1. The van der Waals surface area contributed by atoms with E-state index in [2.05, 4.69) is 19.9 Å². The summed E-state index contributed by atoms with van der Waals surface area (Å²) in [7, 11) is 0. The van der Waals surface area contributed by atoms with Crippen LogP contribution in [-0.2, 0) is 9.53 Å². The second-order valence-corrected chi connectivity index (χ2v) is 3.60. The summed E-state index contributed by atoms with van der Waals surface area (Å²) in [4.78, 5) is 10.4. The minimum atomic E-state index is -0.216. The molecule has 2 nitrogen and oxygen atoms in total. The molecule has 0 N–H and O–H groups in total. The molecule has 0 saturated heterocycles. The van der Waals surface area contributed by atoms with Crippen LogP contribution in [0.1, 0.15) is 40.0 Å². The topological polar surface area (TPSA) is 26.3 Å². The summed E-state index contributed by atoms with van der Waals surface area (Å²) < 4.78 is 4.74. The van der Waals surface area contributed by atoms with Crippen molar-refractivity contribution in [3.05, 3.63) is 12.2 Å². The van der Waals surface area contributed by atoms with E-state index in [1.54, 1.807) is 0 Å². The molecule has 76 valence electrons. The van der Waals surface area contributed by atoms with Crippen molar-refractivity contribution in [1.82, 2.24) is 0 Å². The van der Waals surface area contributed by atoms with Crippen molar-refractivity contribution in [2.75, 3.05) is 6.61 Å². The number of ether oxygens (including phenoxy) is 1. The zero-order valence-electron chi connectivity index (χ0n) is 8.88. The minimum Gasteiger partial charge on any atom is -0.462 e. The average Bonchev–Trinajstić information content (AvgIpc) is 2.01. The lowest BCUT2D eigenvalue weighted by Crippen LogP contribution is -1.97. The maximum Gasteiger partial charge on any atom is 0.302 e. The highest BCUT2D eigenvalue weighted by atomic mass is 16.5. The standard InChI is InChI=1S/C11H20O2/c1-10(2)8-6-4-5-7-9-13-11(3)12/h5,7,10H,4,6,8-9H2,1-3H3/b7-5+. The van der Waals surface area contributed by atoms with Crippen LogP contribution in [0.3, 0.4) is 0 Å². The molecular weight excluding hydrogens is 164 g/mol. The molecule has 0 aromatic heterocycles. The summed E-state index contributed by atoms with van der Waals surface area (Å²) in [5.74, 6) is 0.564. The van der Waals surface area contributed by atoms with E-state index in [1.165, 1.54) is 19.8 Å². The van der Waals surface area contributed by atoms with Crippen molar-refractivity contribution in [2.45, 2.75) is 40.0 Å². The maximum absolute atomic E-state index is 10.4. The van der Waals surface area contributed by atoms with E-state index in [-0.39, 0.29) is 5.97 Å². The minimum absolute atomic E-state index is 0.216. The third kappa shape index (κ3) is 11.2. The lowest BCUT2D eigenvalue weighted by Gasteiger charge is -2.00. The molecule has 0 unspecified atom stereocenters. The van der Waals surface area contributed by atoms with Crippen molar-refractivity contribution in [3.63, 3.8) is 0 Å². The Balaban J connectivity index is 3.17. The van der Waals surface area contributed by atoms with Crippen LogP contribution in [-0.4, -0.2) is 12.6 Å². The molecule has 0 bridgehead atoms. The molecular formula is C11H20O2. The Labute approximate surface area is 81.0 Å². The molecule has 0 aliphatic heterocycles. The van der Waals surface area contributed by atoms with Gasteiger partial charge in [0.2, 0.25) is 0 Å². The van der Waals surface area contributed by atoms with Gasteiger partial charge in [-0.15, -0.1) is 0 Å². The lowest BCUT2D eigenvalue weighted by atomic mass is 10.1. The van der Waals surface area contributed by atoms with E-state index >= 15 is 0 Å². The quantitative estimate of drug-likeness (QED) is 0.360. The van der Waals surface area contributed by atoms with Gasteiger partial charge in [0.05, 0.1) is 0 Å². The molecule has 0 saturated carbocycles. The molecule has 0 fully saturated rings. The Hall–Kier alpha value is -0.790. The van der Waals surface area contributed by atoms with Gasteiger partial charge in [-0.1, -0.05) is 32.4 Å². The molecule has 0 rings (SSSR count). The Morgan fingerprint density at radius 2 is 2.08 bits per heavy atom.